The molecule has 0 aromatic heterocycles. The molecule has 1 aliphatic heterocycles. The minimum Gasteiger partial charge on any atom is -0.375 e. The van der Waals surface area contributed by atoms with Crippen molar-refractivity contribution in [2.45, 2.75) is 42.7 Å². The van der Waals surface area contributed by atoms with Gasteiger partial charge in [0, 0.05) is 4.83 Å². The van der Waals surface area contributed by atoms with Gasteiger partial charge in [0.2, 0.25) is 0 Å². The molecule has 12 heavy (non-hydrogen) atoms. The maximum atomic E-state index is 5.93. The fourth-order valence-corrected chi connectivity index (χ4v) is 2.65. The summed E-state index contributed by atoms with van der Waals surface area (Å²) >= 11 is 3.57. The summed E-state index contributed by atoms with van der Waals surface area (Å²) in [4.78, 5) is 0.726. The molecule has 1 heterocycles. The van der Waals surface area contributed by atoms with Crippen LogP contribution in [0.3, 0.4) is 0 Å². The first-order valence-corrected chi connectivity index (χ1v) is 5.76. The van der Waals surface area contributed by atoms with E-state index in [2.05, 4.69) is 21.2 Å². The van der Waals surface area contributed by atoms with Crippen LogP contribution in [0.4, 0.5) is 0 Å². The van der Waals surface area contributed by atoms with Crippen molar-refractivity contribution >= 4 is 15.9 Å². The van der Waals surface area contributed by atoms with Crippen molar-refractivity contribution in [1.82, 2.24) is 5.32 Å². The maximum Gasteiger partial charge on any atom is 0.0603 e. The number of piperidine rings is 1. The van der Waals surface area contributed by atoms with Gasteiger partial charge in [0.05, 0.1) is 12.2 Å². The number of hydrogen-bond donors (Lipinski definition) is 1. The zero-order valence-electron chi connectivity index (χ0n) is 7.26. The molecule has 0 amide bonds. The average Bonchev–Trinajstić information content (AvgIpc) is 2.04. The van der Waals surface area contributed by atoms with E-state index in [4.69, 9.17) is 4.74 Å². The molecule has 3 heteroatoms. The predicted octanol–water partition coefficient (Wildman–Crippen LogP) is 1.68. The third-order valence-electron chi connectivity index (χ3n) is 2.71. The Morgan fingerprint density at radius 1 is 1.08 bits per heavy atom. The molecule has 70 valence electrons. The minimum absolute atomic E-state index is 0.538. The van der Waals surface area contributed by atoms with E-state index >= 15 is 0 Å². The van der Waals surface area contributed by atoms with Crippen molar-refractivity contribution in [3.8, 4) is 0 Å². The molecule has 1 saturated heterocycles. The summed E-state index contributed by atoms with van der Waals surface area (Å²) in [5.41, 5.74) is 0. The van der Waals surface area contributed by atoms with Crippen LogP contribution in [0.2, 0.25) is 0 Å². The SMILES string of the molecule is BrC1CC(OC2CCNCC2)C1. The molecular formula is C9H16BrNO. The molecular weight excluding hydrogens is 218 g/mol. The van der Waals surface area contributed by atoms with Crippen molar-refractivity contribution in [2.75, 3.05) is 13.1 Å². The Morgan fingerprint density at radius 2 is 1.75 bits per heavy atom. The Morgan fingerprint density at radius 3 is 2.33 bits per heavy atom. The second-order valence-electron chi connectivity index (χ2n) is 3.78. The lowest BCUT2D eigenvalue weighted by Crippen LogP contribution is -2.39. The molecule has 0 atom stereocenters. The van der Waals surface area contributed by atoms with Crippen molar-refractivity contribution in [1.29, 1.82) is 0 Å². The molecule has 1 saturated carbocycles. The van der Waals surface area contributed by atoms with Crippen molar-refractivity contribution in [3.63, 3.8) is 0 Å². The monoisotopic (exact) mass is 233 g/mol. The quantitative estimate of drug-likeness (QED) is 0.734. The van der Waals surface area contributed by atoms with E-state index < -0.39 is 0 Å². The second kappa shape index (κ2) is 4.07. The Labute approximate surface area is 82.2 Å². The largest absolute Gasteiger partial charge is 0.375 e. The lowest BCUT2D eigenvalue weighted by molar-refractivity contribution is -0.0582. The highest BCUT2D eigenvalue weighted by Gasteiger charge is 2.30. The predicted molar refractivity (Wildman–Crippen MR) is 52.7 cm³/mol. The van der Waals surface area contributed by atoms with Gasteiger partial charge in [-0.3, -0.25) is 0 Å². The van der Waals surface area contributed by atoms with Gasteiger partial charge in [-0.25, -0.2) is 0 Å². The number of halogens is 1. The molecule has 0 bridgehead atoms. The van der Waals surface area contributed by atoms with Crippen LogP contribution in [-0.4, -0.2) is 30.1 Å². The van der Waals surface area contributed by atoms with Crippen LogP contribution in [-0.2, 0) is 4.74 Å². The van der Waals surface area contributed by atoms with Gasteiger partial charge < -0.3 is 10.1 Å². The van der Waals surface area contributed by atoms with E-state index in [1.165, 1.54) is 25.7 Å². The first-order valence-electron chi connectivity index (χ1n) is 4.85. The molecule has 0 spiro atoms. The minimum atomic E-state index is 0.538. The Balaban J connectivity index is 1.65. The summed E-state index contributed by atoms with van der Waals surface area (Å²) in [5, 5.41) is 3.34. The highest BCUT2D eigenvalue weighted by molar-refractivity contribution is 9.09. The highest BCUT2D eigenvalue weighted by atomic mass is 79.9. The van der Waals surface area contributed by atoms with E-state index in [1.54, 1.807) is 0 Å². The van der Waals surface area contributed by atoms with Crippen LogP contribution in [0.25, 0.3) is 0 Å². The molecule has 0 unspecified atom stereocenters. The van der Waals surface area contributed by atoms with Gasteiger partial charge in [0.1, 0.15) is 0 Å². The third kappa shape index (κ3) is 2.21. The normalized spacial score (nSPS) is 37.8. The molecule has 0 radical (unpaired) electrons. The van der Waals surface area contributed by atoms with E-state index in [-0.39, 0.29) is 0 Å². The number of alkyl halides is 1. The van der Waals surface area contributed by atoms with E-state index in [0.717, 1.165) is 17.9 Å². The maximum absolute atomic E-state index is 5.93. The Bertz CT molecular complexity index is 141. The van der Waals surface area contributed by atoms with E-state index in [1.807, 2.05) is 0 Å². The molecule has 2 fully saturated rings. The smallest absolute Gasteiger partial charge is 0.0603 e. The van der Waals surface area contributed by atoms with Crippen LogP contribution in [0.5, 0.6) is 0 Å². The molecule has 2 aliphatic rings. The first-order chi connectivity index (χ1) is 5.84. The third-order valence-corrected chi connectivity index (χ3v) is 3.46. The van der Waals surface area contributed by atoms with E-state index in [9.17, 15) is 0 Å². The van der Waals surface area contributed by atoms with Gasteiger partial charge in [0.25, 0.3) is 0 Å². The first kappa shape index (κ1) is 8.97. The van der Waals surface area contributed by atoms with Crippen LogP contribution >= 0.6 is 15.9 Å². The molecule has 2 nitrogen and oxygen atoms in total. The van der Waals surface area contributed by atoms with Crippen molar-refractivity contribution in [2.24, 2.45) is 0 Å². The van der Waals surface area contributed by atoms with Gasteiger partial charge >= 0.3 is 0 Å². The number of ether oxygens (including phenoxy) is 1. The van der Waals surface area contributed by atoms with Crippen LogP contribution in [0.1, 0.15) is 25.7 Å². The fourth-order valence-electron chi connectivity index (χ4n) is 1.82. The summed E-state index contributed by atoms with van der Waals surface area (Å²) in [6.07, 6.45) is 5.91. The average molecular weight is 234 g/mol. The summed E-state index contributed by atoms with van der Waals surface area (Å²) < 4.78 is 5.93. The van der Waals surface area contributed by atoms with Gasteiger partial charge in [0.15, 0.2) is 0 Å². The van der Waals surface area contributed by atoms with Gasteiger partial charge in [-0.05, 0) is 38.8 Å². The standard InChI is InChI=1S/C9H16BrNO/c10-7-5-9(6-7)12-8-1-3-11-4-2-8/h7-9,11H,1-6H2. The number of hydrogen-bond acceptors (Lipinski definition) is 2. The van der Waals surface area contributed by atoms with Gasteiger partial charge in [-0.2, -0.15) is 0 Å². The zero-order valence-corrected chi connectivity index (χ0v) is 8.85. The van der Waals surface area contributed by atoms with Gasteiger partial charge in [-0.15, -0.1) is 0 Å². The molecule has 0 aromatic carbocycles. The molecule has 2 rings (SSSR count). The summed E-state index contributed by atoms with van der Waals surface area (Å²) in [6, 6.07) is 0. The molecule has 1 aliphatic carbocycles. The van der Waals surface area contributed by atoms with Crippen LogP contribution in [0, 0.1) is 0 Å². The topological polar surface area (TPSA) is 21.3 Å². The van der Waals surface area contributed by atoms with Crippen LogP contribution in [0.15, 0.2) is 0 Å². The Hall–Kier alpha value is 0.400. The van der Waals surface area contributed by atoms with Crippen LogP contribution < -0.4 is 5.32 Å². The number of rotatable bonds is 2. The summed E-state index contributed by atoms with van der Waals surface area (Å²) in [5.74, 6) is 0. The summed E-state index contributed by atoms with van der Waals surface area (Å²) in [6.45, 7) is 2.27. The fraction of sp³-hybridized carbons (Fsp3) is 1.00. The highest BCUT2D eigenvalue weighted by Crippen LogP contribution is 2.31. The zero-order chi connectivity index (χ0) is 8.39. The van der Waals surface area contributed by atoms with Gasteiger partial charge in [-0.1, -0.05) is 15.9 Å². The second-order valence-corrected chi connectivity index (χ2v) is 5.07. The summed E-state index contributed by atoms with van der Waals surface area (Å²) in [7, 11) is 0. The molecule has 1 N–H and O–H groups in total. The Kier molecular flexibility index (Phi) is 3.05. The van der Waals surface area contributed by atoms with Crippen molar-refractivity contribution < 1.29 is 4.74 Å². The molecule has 0 aromatic rings. The van der Waals surface area contributed by atoms with Crippen molar-refractivity contribution in [3.05, 3.63) is 0 Å². The van der Waals surface area contributed by atoms with E-state index in [0.29, 0.717) is 12.2 Å². The number of nitrogens with one attached hydrogen (secondary N) is 1. The lowest BCUT2D eigenvalue weighted by Gasteiger charge is -2.35. The lowest BCUT2D eigenvalue weighted by atomic mass is 9.95.